The predicted molar refractivity (Wildman–Crippen MR) is 186 cm³/mol. The van der Waals surface area contributed by atoms with Gasteiger partial charge in [0.15, 0.2) is 0 Å². The molecule has 2 fully saturated rings. The molecule has 2 aliphatic carbocycles. The fraction of sp³-hybridized carbons (Fsp3) is 0.925. The predicted octanol–water partition coefficient (Wildman–Crippen LogP) is 11.5. The maximum absolute atomic E-state index is 12.5. The normalized spacial score (nSPS) is 21.8. The van der Waals surface area contributed by atoms with Gasteiger partial charge >= 0.3 is 11.9 Å². The molecular formula is C40H72O5. The third-order valence-electron chi connectivity index (χ3n) is 11.9. The van der Waals surface area contributed by atoms with Crippen LogP contribution in [0.5, 0.6) is 0 Å². The van der Waals surface area contributed by atoms with Crippen molar-refractivity contribution in [3.63, 3.8) is 0 Å². The molecule has 0 aromatic carbocycles. The molecule has 0 radical (unpaired) electrons. The van der Waals surface area contributed by atoms with Gasteiger partial charge in [0, 0.05) is 31.1 Å². The SMILES string of the molecule is CCCCCC(CCCCC)CCOC(=O)CCCCCCCC(=O)CCCCCCCC(=O)OC1C[C@H]2CC[C@]1(C)C2(C)C. The summed E-state index contributed by atoms with van der Waals surface area (Å²) in [6, 6.07) is 0. The lowest BCUT2D eigenvalue weighted by Crippen LogP contribution is -2.38. The van der Waals surface area contributed by atoms with Gasteiger partial charge in [-0.2, -0.15) is 0 Å². The first-order chi connectivity index (χ1) is 21.6. The fourth-order valence-electron chi connectivity index (χ4n) is 8.11. The highest BCUT2D eigenvalue weighted by Crippen LogP contribution is 2.66. The summed E-state index contributed by atoms with van der Waals surface area (Å²) < 4.78 is 11.5. The molecule has 0 N–H and O–H groups in total. The molecule has 5 heteroatoms. The molecule has 1 unspecified atom stereocenters. The Bertz CT molecular complexity index is 825. The lowest BCUT2D eigenvalue weighted by Gasteiger charge is -2.38. The molecule has 2 aliphatic rings. The van der Waals surface area contributed by atoms with Crippen LogP contribution in [0.15, 0.2) is 0 Å². The first-order valence-corrected chi connectivity index (χ1v) is 19.5. The van der Waals surface area contributed by atoms with Crippen LogP contribution < -0.4 is 0 Å². The van der Waals surface area contributed by atoms with E-state index in [1.165, 1.54) is 64.2 Å². The van der Waals surface area contributed by atoms with Gasteiger partial charge in [-0.05, 0) is 68.6 Å². The van der Waals surface area contributed by atoms with Crippen molar-refractivity contribution >= 4 is 17.7 Å². The van der Waals surface area contributed by atoms with Gasteiger partial charge in [0.25, 0.3) is 0 Å². The molecule has 2 rings (SSSR count). The van der Waals surface area contributed by atoms with Gasteiger partial charge in [-0.15, -0.1) is 0 Å². The number of rotatable bonds is 28. The topological polar surface area (TPSA) is 69.7 Å². The minimum absolute atomic E-state index is 0.0191. The van der Waals surface area contributed by atoms with Crippen LogP contribution in [0.1, 0.15) is 202 Å². The van der Waals surface area contributed by atoms with Crippen LogP contribution in [0.2, 0.25) is 0 Å². The van der Waals surface area contributed by atoms with Crippen molar-refractivity contribution in [3.05, 3.63) is 0 Å². The summed E-state index contributed by atoms with van der Waals surface area (Å²) in [4.78, 5) is 36.9. The van der Waals surface area contributed by atoms with E-state index in [4.69, 9.17) is 9.47 Å². The zero-order chi connectivity index (χ0) is 33.0. The van der Waals surface area contributed by atoms with Gasteiger partial charge in [-0.3, -0.25) is 14.4 Å². The Morgan fingerprint density at radius 3 is 1.64 bits per heavy atom. The van der Waals surface area contributed by atoms with Crippen molar-refractivity contribution in [3.8, 4) is 0 Å². The highest BCUT2D eigenvalue weighted by molar-refractivity contribution is 5.78. The van der Waals surface area contributed by atoms with E-state index in [0.29, 0.717) is 49.9 Å². The van der Waals surface area contributed by atoms with E-state index in [9.17, 15) is 14.4 Å². The second-order valence-corrected chi connectivity index (χ2v) is 15.5. The summed E-state index contributed by atoms with van der Waals surface area (Å²) in [6.07, 6.45) is 27.3. The van der Waals surface area contributed by atoms with Crippen molar-refractivity contribution < 1.29 is 23.9 Å². The minimum Gasteiger partial charge on any atom is -0.466 e. The van der Waals surface area contributed by atoms with E-state index in [2.05, 4.69) is 34.6 Å². The molecule has 0 saturated heterocycles. The Hall–Kier alpha value is -1.39. The Labute approximate surface area is 278 Å². The number of fused-ring (bicyclic) bond motifs is 2. The monoisotopic (exact) mass is 633 g/mol. The van der Waals surface area contributed by atoms with E-state index >= 15 is 0 Å². The second kappa shape index (κ2) is 22.2. The summed E-state index contributed by atoms with van der Waals surface area (Å²) in [5.41, 5.74) is 0.414. The summed E-state index contributed by atoms with van der Waals surface area (Å²) in [7, 11) is 0. The van der Waals surface area contributed by atoms with Gasteiger partial charge in [-0.1, -0.05) is 125 Å². The number of unbranched alkanes of at least 4 members (excludes halogenated alkanes) is 12. The summed E-state index contributed by atoms with van der Waals surface area (Å²) >= 11 is 0. The van der Waals surface area contributed by atoms with Gasteiger partial charge in [-0.25, -0.2) is 0 Å². The molecular weight excluding hydrogens is 560 g/mol. The summed E-state index contributed by atoms with van der Waals surface area (Å²) in [6.45, 7) is 12.1. The standard InChI is InChI=1S/C40H72O5/c1-6-8-16-22-33(23-17-9-7-2)29-31-44-37(42)26-20-14-10-12-18-24-35(41)25-19-13-11-15-21-27-38(43)45-36-32-34-28-30-40(36,5)39(34,3)4/h33-34,36H,6-32H2,1-5H3/t34-,36?,40+/m1/s1. The number of esters is 2. The van der Waals surface area contributed by atoms with Crippen molar-refractivity contribution in [1.82, 2.24) is 0 Å². The van der Waals surface area contributed by atoms with Crippen molar-refractivity contribution in [1.29, 1.82) is 0 Å². The average molecular weight is 633 g/mol. The van der Waals surface area contributed by atoms with E-state index in [0.717, 1.165) is 77.0 Å². The van der Waals surface area contributed by atoms with Crippen LogP contribution >= 0.6 is 0 Å². The highest BCUT2D eigenvalue weighted by atomic mass is 16.5. The molecule has 2 saturated carbocycles. The van der Waals surface area contributed by atoms with E-state index in [1.54, 1.807) is 0 Å². The lowest BCUT2D eigenvalue weighted by molar-refractivity contribution is -0.157. The zero-order valence-corrected chi connectivity index (χ0v) is 30.4. The quantitative estimate of drug-likeness (QED) is 0.0634. The number of Topliss-reactive ketones (excluding diaryl/α,β-unsaturated/α-hetero) is 1. The second-order valence-electron chi connectivity index (χ2n) is 15.5. The zero-order valence-electron chi connectivity index (χ0n) is 30.4. The maximum Gasteiger partial charge on any atom is 0.306 e. The fourth-order valence-corrected chi connectivity index (χ4v) is 8.11. The molecule has 5 nitrogen and oxygen atoms in total. The van der Waals surface area contributed by atoms with Gasteiger partial charge in [0.2, 0.25) is 0 Å². The summed E-state index contributed by atoms with van der Waals surface area (Å²) in [5, 5.41) is 0. The lowest BCUT2D eigenvalue weighted by atomic mass is 9.70. The number of hydrogen-bond donors (Lipinski definition) is 0. The molecule has 262 valence electrons. The molecule has 3 atom stereocenters. The number of ether oxygens (including phenoxy) is 2. The van der Waals surface area contributed by atoms with Crippen LogP contribution in [-0.2, 0) is 23.9 Å². The third-order valence-corrected chi connectivity index (χ3v) is 11.9. The van der Waals surface area contributed by atoms with Crippen LogP contribution in [0.25, 0.3) is 0 Å². The Morgan fingerprint density at radius 1 is 0.644 bits per heavy atom. The molecule has 0 heterocycles. The molecule has 0 amide bonds. The highest BCUT2D eigenvalue weighted by Gasteiger charge is 2.62. The van der Waals surface area contributed by atoms with Crippen LogP contribution in [0.4, 0.5) is 0 Å². The minimum atomic E-state index is -0.0415. The van der Waals surface area contributed by atoms with Gasteiger partial charge in [0.1, 0.15) is 11.9 Å². The molecule has 45 heavy (non-hydrogen) atoms. The van der Waals surface area contributed by atoms with Gasteiger partial charge in [0.05, 0.1) is 6.61 Å². The summed E-state index contributed by atoms with van der Waals surface area (Å²) in [5.74, 6) is 1.72. The molecule has 0 aromatic heterocycles. The molecule has 0 aliphatic heterocycles. The molecule has 0 spiro atoms. The molecule has 2 bridgehead atoms. The van der Waals surface area contributed by atoms with Crippen LogP contribution in [-0.4, -0.2) is 30.4 Å². The first-order valence-electron chi connectivity index (χ1n) is 19.5. The van der Waals surface area contributed by atoms with E-state index < -0.39 is 0 Å². The number of ketones is 1. The number of carbonyl (C=O) groups excluding carboxylic acids is 3. The van der Waals surface area contributed by atoms with Crippen molar-refractivity contribution in [2.45, 2.75) is 208 Å². The average Bonchev–Trinajstić information content (AvgIpc) is 3.33. The first kappa shape index (κ1) is 39.8. The van der Waals surface area contributed by atoms with E-state index in [-0.39, 0.29) is 28.9 Å². The van der Waals surface area contributed by atoms with Crippen LogP contribution in [0.3, 0.4) is 0 Å². The number of hydrogen-bond acceptors (Lipinski definition) is 5. The number of carbonyl (C=O) groups is 3. The van der Waals surface area contributed by atoms with E-state index in [1.807, 2.05) is 0 Å². The smallest absolute Gasteiger partial charge is 0.306 e. The Morgan fingerprint density at radius 2 is 1.16 bits per heavy atom. The Kier molecular flexibility index (Phi) is 19.7. The maximum atomic E-state index is 12.5. The van der Waals surface area contributed by atoms with Crippen LogP contribution in [0, 0.1) is 22.7 Å². The van der Waals surface area contributed by atoms with Crippen molar-refractivity contribution in [2.75, 3.05) is 6.61 Å². The third kappa shape index (κ3) is 14.5. The van der Waals surface area contributed by atoms with Crippen molar-refractivity contribution in [2.24, 2.45) is 22.7 Å². The molecule has 0 aromatic rings. The Balaban J connectivity index is 1.37. The largest absolute Gasteiger partial charge is 0.466 e. The van der Waals surface area contributed by atoms with Gasteiger partial charge < -0.3 is 9.47 Å².